The summed E-state index contributed by atoms with van der Waals surface area (Å²) >= 11 is 0. The molecule has 2 heteroatoms. The van der Waals surface area contributed by atoms with Crippen molar-refractivity contribution >= 4 is 0 Å². The lowest BCUT2D eigenvalue weighted by molar-refractivity contribution is 0.189. The van der Waals surface area contributed by atoms with Crippen LogP contribution in [0, 0.1) is 23.2 Å². The van der Waals surface area contributed by atoms with Crippen LogP contribution < -0.4 is 0 Å². The van der Waals surface area contributed by atoms with Gasteiger partial charge in [-0.05, 0) is 32.7 Å². The Morgan fingerprint density at radius 3 is 3.00 bits per heavy atom. The second kappa shape index (κ2) is 5.62. The molecule has 0 amide bonds. The highest BCUT2D eigenvalue weighted by molar-refractivity contribution is 4.98. The Balaban J connectivity index is 2.35. The minimum atomic E-state index is 0.146. The van der Waals surface area contributed by atoms with Crippen LogP contribution in [0.4, 0.5) is 0 Å². The van der Waals surface area contributed by atoms with Crippen LogP contribution in [0.5, 0.6) is 0 Å². The summed E-state index contributed by atoms with van der Waals surface area (Å²) in [5, 5.41) is 8.89. The lowest BCUT2D eigenvalue weighted by Crippen LogP contribution is -2.38. The fraction of sp³-hybridized carbons (Fsp3) is 0.727. The first kappa shape index (κ1) is 10.1. The van der Waals surface area contributed by atoms with Crippen LogP contribution >= 0.6 is 0 Å². The molecule has 0 saturated carbocycles. The summed E-state index contributed by atoms with van der Waals surface area (Å²) in [6, 6.07) is 2.50. The van der Waals surface area contributed by atoms with Crippen molar-refractivity contribution in [2.45, 2.75) is 38.6 Å². The first-order valence-corrected chi connectivity index (χ1v) is 4.91. The molecule has 1 atom stereocenters. The zero-order chi connectivity index (χ0) is 9.52. The maximum absolute atomic E-state index is 8.89. The molecule has 13 heavy (non-hydrogen) atoms. The topological polar surface area (TPSA) is 27.0 Å². The Morgan fingerprint density at radius 1 is 1.46 bits per heavy atom. The summed E-state index contributed by atoms with van der Waals surface area (Å²) in [7, 11) is 0. The number of hydrogen-bond donors (Lipinski definition) is 0. The van der Waals surface area contributed by atoms with Crippen LogP contribution in [0.1, 0.15) is 32.6 Å². The fourth-order valence-corrected chi connectivity index (χ4v) is 1.73. The second-order valence-electron chi connectivity index (χ2n) is 3.35. The zero-order valence-corrected chi connectivity index (χ0v) is 8.21. The van der Waals surface area contributed by atoms with Gasteiger partial charge in [0.25, 0.3) is 0 Å². The van der Waals surface area contributed by atoms with E-state index in [1.165, 1.54) is 12.8 Å². The van der Waals surface area contributed by atoms with Gasteiger partial charge in [-0.15, -0.1) is 11.8 Å². The molecule has 1 aliphatic heterocycles. The SMILES string of the molecule is CC#CCCN1CCCCC1C#N. The molecule has 1 unspecified atom stereocenters. The normalized spacial score (nSPS) is 22.9. The van der Waals surface area contributed by atoms with Gasteiger partial charge in [0.1, 0.15) is 0 Å². The summed E-state index contributed by atoms with van der Waals surface area (Å²) < 4.78 is 0. The molecule has 0 spiro atoms. The van der Waals surface area contributed by atoms with Gasteiger partial charge < -0.3 is 0 Å². The molecule has 2 nitrogen and oxygen atoms in total. The van der Waals surface area contributed by atoms with Crippen LogP contribution in [0.25, 0.3) is 0 Å². The molecule has 1 rings (SSSR count). The summed E-state index contributed by atoms with van der Waals surface area (Å²) in [5.41, 5.74) is 0. The van der Waals surface area contributed by atoms with Crippen molar-refractivity contribution in [2.24, 2.45) is 0 Å². The van der Waals surface area contributed by atoms with E-state index in [9.17, 15) is 0 Å². The lowest BCUT2D eigenvalue weighted by atomic mass is 10.0. The molecule has 0 bridgehead atoms. The summed E-state index contributed by atoms with van der Waals surface area (Å²) in [4.78, 5) is 2.26. The van der Waals surface area contributed by atoms with Gasteiger partial charge >= 0.3 is 0 Å². The monoisotopic (exact) mass is 176 g/mol. The Morgan fingerprint density at radius 2 is 2.31 bits per heavy atom. The number of likely N-dealkylation sites (tertiary alicyclic amines) is 1. The van der Waals surface area contributed by atoms with Crippen molar-refractivity contribution in [1.29, 1.82) is 5.26 Å². The maximum atomic E-state index is 8.89. The Hall–Kier alpha value is -0.990. The van der Waals surface area contributed by atoms with E-state index >= 15 is 0 Å². The first-order chi connectivity index (χ1) is 6.38. The third-order valence-electron chi connectivity index (χ3n) is 2.46. The van der Waals surface area contributed by atoms with Crippen LogP contribution in [0.3, 0.4) is 0 Å². The fourth-order valence-electron chi connectivity index (χ4n) is 1.73. The lowest BCUT2D eigenvalue weighted by Gasteiger charge is -2.30. The van der Waals surface area contributed by atoms with E-state index < -0.39 is 0 Å². The molecule has 1 heterocycles. The number of hydrogen-bond acceptors (Lipinski definition) is 2. The van der Waals surface area contributed by atoms with E-state index in [-0.39, 0.29) is 6.04 Å². The predicted octanol–water partition coefficient (Wildman–Crippen LogP) is 1.78. The Kier molecular flexibility index (Phi) is 4.36. The van der Waals surface area contributed by atoms with Crippen LogP contribution in [-0.2, 0) is 0 Å². The molecule has 0 radical (unpaired) electrons. The molecule has 1 fully saturated rings. The number of nitrogens with zero attached hydrogens (tertiary/aromatic N) is 2. The molecular formula is C11H16N2. The van der Waals surface area contributed by atoms with Gasteiger partial charge in [0.05, 0.1) is 12.1 Å². The van der Waals surface area contributed by atoms with Crippen molar-refractivity contribution in [3.63, 3.8) is 0 Å². The molecular weight excluding hydrogens is 160 g/mol. The van der Waals surface area contributed by atoms with Crippen molar-refractivity contribution in [3.05, 3.63) is 0 Å². The standard InChI is InChI=1S/C11H16N2/c1-2-3-5-8-13-9-6-4-7-11(13)10-12/h11H,4-9H2,1H3. The molecule has 0 aromatic carbocycles. The van der Waals surface area contributed by atoms with E-state index in [4.69, 9.17) is 5.26 Å². The smallest absolute Gasteiger partial charge is 0.0978 e. The zero-order valence-electron chi connectivity index (χ0n) is 8.21. The molecule has 1 saturated heterocycles. The number of piperidine rings is 1. The number of nitriles is 1. The second-order valence-corrected chi connectivity index (χ2v) is 3.35. The minimum Gasteiger partial charge on any atom is -0.287 e. The number of rotatable bonds is 2. The molecule has 0 aliphatic carbocycles. The van der Waals surface area contributed by atoms with Crippen molar-refractivity contribution in [1.82, 2.24) is 4.90 Å². The van der Waals surface area contributed by atoms with Crippen molar-refractivity contribution in [2.75, 3.05) is 13.1 Å². The van der Waals surface area contributed by atoms with Crippen molar-refractivity contribution in [3.8, 4) is 17.9 Å². The first-order valence-electron chi connectivity index (χ1n) is 4.91. The summed E-state index contributed by atoms with van der Waals surface area (Å²) in [6.07, 6.45) is 4.37. The van der Waals surface area contributed by atoms with E-state index in [1.807, 2.05) is 6.92 Å². The van der Waals surface area contributed by atoms with Crippen LogP contribution in [0.2, 0.25) is 0 Å². The van der Waals surface area contributed by atoms with Crippen LogP contribution in [-0.4, -0.2) is 24.0 Å². The third kappa shape index (κ3) is 3.09. The molecule has 0 aromatic heterocycles. The van der Waals surface area contributed by atoms with Gasteiger partial charge in [-0.2, -0.15) is 5.26 Å². The largest absolute Gasteiger partial charge is 0.287 e. The highest BCUT2D eigenvalue weighted by atomic mass is 15.2. The van der Waals surface area contributed by atoms with Gasteiger partial charge in [-0.25, -0.2) is 0 Å². The van der Waals surface area contributed by atoms with E-state index in [2.05, 4.69) is 22.8 Å². The van der Waals surface area contributed by atoms with Gasteiger partial charge in [0, 0.05) is 13.0 Å². The minimum absolute atomic E-state index is 0.146. The maximum Gasteiger partial charge on any atom is 0.0978 e. The van der Waals surface area contributed by atoms with Gasteiger partial charge in [0.15, 0.2) is 0 Å². The molecule has 0 aromatic rings. The van der Waals surface area contributed by atoms with E-state index in [0.29, 0.717) is 0 Å². The summed E-state index contributed by atoms with van der Waals surface area (Å²) in [6.45, 7) is 3.89. The predicted molar refractivity (Wildman–Crippen MR) is 52.9 cm³/mol. The Labute approximate surface area is 80.5 Å². The average molecular weight is 176 g/mol. The molecule has 70 valence electrons. The Bertz CT molecular complexity index is 241. The van der Waals surface area contributed by atoms with E-state index in [1.54, 1.807) is 0 Å². The highest BCUT2D eigenvalue weighted by Gasteiger charge is 2.20. The van der Waals surface area contributed by atoms with Crippen molar-refractivity contribution < 1.29 is 0 Å². The van der Waals surface area contributed by atoms with E-state index in [0.717, 1.165) is 25.9 Å². The highest BCUT2D eigenvalue weighted by Crippen LogP contribution is 2.15. The quantitative estimate of drug-likeness (QED) is 0.600. The molecule has 1 aliphatic rings. The third-order valence-corrected chi connectivity index (χ3v) is 2.46. The van der Waals surface area contributed by atoms with Crippen LogP contribution in [0.15, 0.2) is 0 Å². The molecule has 0 N–H and O–H groups in total. The van der Waals surface area contributed by atoms with Gasteiger partial charge in [0.2, 0.25) is 0 Å². The van der Waals surface area contributed by atoms with Gasteiger partial charge in [-0.3, -0.25) is 4.90 Å². The summed E-state index contributed by atoms with van der Waals surface area (Å²) in [5.74, 6) is 5.92. The van der Waals surface area contributed by atoms with Gasteiger partial charge in [-0.1, -0.05) is 0 Å². The average Bonchev–Trinajstić information content (AvgIpc) is 2.19.